The number of primary amides is 1. The minimum atomic E-state index is -1.33. The van der Waals surface area contributed by atoms with Crippen molar-refractivity contribution in [1.29, 1.82) is 0 Å². The fourth-order valence-corrected chi connectivity index (χ4v) is 0.880. The van der Waals surface area contributed by atoms with Gasteiger partial charge in [0.2, 0.25) is 0 Å². The van der Waals surface area contributed by atoms with Gasteiger partial charge in [0.05, 0.1) is 17.4 Å². The molecule has 0 saturated carbocycles. The van der Waals surface area contributed by atoms with E-state index in [1.807, 2.05) is 24.3 Å². The second kappa shape index (κ2) is 4.10. The predicted octanol–water partition coefficient (Wildman–Crippen LogP) is 1.19. The molecule has 0 atom stereocenters. The van der Waals surface area contributed by atoms with Crippen LogP contribution >= 0.6 is 0 Å². The molecule has 1 aromatic heterocycles. The lowest BCUT2D eigenvalue weighted by molar-refractivity contribution is 0.205. The lowest BCUT2D eigenvalue weighted by Gasteiger charge is -1.81. The molecule has 0 fully saturated rings. The molecule has 5 heteroatoms. The van der Waals surface area contributed by atoms with Crippen LogP contribution < -0.4 is 5.73 Å². The number of hydrogen-bond donors (Lipinski definition) is 3. The first-order valence-electron chi connectivity index (χ1n) is 3.56. The molecule has 4 N–H and O–H groups in total. The molecule has 0 aliphatic heterocycles. The van der Waals surface area contributed by atoms with E-state index in [1.165, 1.54) is 0 Å². The molecule has 0 bridgehead atoms. The third-order valence-corrected chi connectivity index (χ3v) is 1.33. The third-order valence-electron chi connectivity index (χ3n) is 1.33. The number of amides is 1. The van der Waals surface area contributed by atoms with Gasteiger partial charge in [0.25, 0.3) is 0 Å². The Labute approximate surface area is 74.2 Å². The molecule has 1 aromatic carbocycles. The molecule has 68 valence electrons. The summed E-state index contributed by atoms with van der Waals surface area (Å²) in [5.74, 6) is 0. The van der Waals surface area contributed by atoms with Crippen molar-refractivity contribution < 1.29 is 9.90 Å². The number of para-hydroxylation sites is 2. The molecule has 0 unspecified atom stereocenters. The van der Waals surface area contributed by atoms with E-state index in [0.29, 0.717) is 0 Å². The second-order valence-electron chi connectivity index (χ2n) is 2.26. The van der Waals surface area contributed by atoms with Crippen LogP contribution in [0.5, 0.6) is 0 Å². The van der Waals surface area contributed by atoms with Crippen molar-refractivity contribution in [3.8, 4) is 0 Å². The number of aromatic amines is 1. The van der Waals surface area contributed by atoms with Gasteiger partial charge in [-0.05, 0) is 12.1 Å². The van der Waals surface area contributed by atoms with Crippen LogP contribution in [0.1, 0.15) is 0 Å². The van der Waals surface area contributed by atoms with Crippen LogP contribution in [0.2, 0.25) is 0 Å². The molecular weight excluding hydrogens is 170 g/mol. The lowest BCUT2D eigenvalue weighted by atomic mass is 10.3. The van der Waals surface area contributed by atoms with Crippen LogP contribution in [0.4, 0.5) is 4.79 Å². The summed E-state index contributed by atoms with van der Waals surface area (Å²) in [5.41, 5.74) is 6.15. The molecule has 13 heavy (non-hydrogen) atoms. The van der Waals surface area contributed by atoms with Gasteiger partial charge >= 0.3 is 6.09 Å². The summed E-state index contributed by atoms with van der Waals surface area (Å²) in [6.07, 6.45) is 0.366. The number of carbonyl (C=O) groups is 1. The molecule has 0 spiro atoms. The highest BCUT2D eigenvalue weighted by Gasteiger charge is 1.88. The number of fused-ring (bicyclic) bond motifs is 1. The molecule has 1 heterocycles. The van der Waals surface area contributed by atoms with Crippen molar-refractivity contribution in [3.05, 3.63) is 30.6 Å². The molecule has 0 aliphatic rings. The number of benzene rings is 1. The molecule has 0 saturated heterocycles. The van der Waals surface area contributed by atoms with Gasteiger partial charge in [0.15, 0.2) is 0 Å². The maximum atomic E-state index is 8.78. The zero-order valence-corrected chi connectivity index (χ0v) is 6.77. The number of hydrogen-bond acceptors (Lipinski definition) is 2. The first kappa shape index (κ1) is 9.05. The predicted molar refractivity (Wildman–Crippen MR) is 48.3 cm³/mol. The molecule has 5 nitrogen and oxygen atoms in total. The van der Waals surface area contributed by atoms with Crippen LogP contribution in [-0.4, -0.2) is 21.2 Å². The quantitative estimate of drug-likeness (QED) is 0.567. The van der Waals surface area contributed by atoms with E-state index in [2.05, 4.69) is 15.7 Å². The maximum absolute atomic E-state index is 8.78. The number of nitrogens with two attached hydrogens (primary N) is 1. The molecule has 2 aromatic rings. The summed E-state index contributed by atoms with van der Waals surface area (Å²) in [6.45, 7) is 0. The molecule has 0 aliphatic carbocycles. The molecule has 0 radical (unpaired) electrons. The smallest absolute Gasteiger partial charge is 0.402 e. The van der Waals surface area contributed by atoms with E-state index >= 15 is 0 Å². The van der Waals surface area contributed by atoms with E-state index in [-0.39, 0.29) is 0 Å². The standard InChI is InChI=1S/C7H6N2.CH3NO2/c1-2-4-7-6(3-1)8-5-9-7;2-1(3)4/h1-5H,(H,8,9);2H2,(H,3,4). The van der Waals surface area contributed by atoms with E-state index in [4.69, 9.17) is 9.90 Å². The van der Waals surface area contributed by atoms with Gasteiger partial charge in [-0.15, -0.1) is 0 Å². The summed E-state index contributed by atoms with van der Waals surface area (Å²) in [5, 5.41) is 7.19. The zero-order valence-electron chi connectivity index (χ0n) is 6.77. The summed E-state index contributed by atoms with van der Waals surface area (Å²) in [4.78, 5) is 15.8. The van der Waals surface area contributed by atoms with Crippen LogP contribution in [0.3, 0.4) is 0 Å². The van der Waals surface area contributed by atoms with Crippen molar-refractivity contribution in [2.24, 2.45) is 5.73 Å². The number of rotatable bonds is 0. The Morgan fingerprint density at radius 1 is 1.46 bits per heavy atom. The second-order valence-corrected chi connectivity index (χ2v) is 2.26. The van der Waals surface area contributed by atoms with Gasteiger partial charge in [0.1, 0.15) is 0 Å². The third kappa shape index (κ3) is 2.82. The molecule has 2 rings (SSSR count). The van der Waals surface area contributed by atoms with E-state index in [1.54, 1.807) is 6.33 Å². The number of aromatic nitrogens is 2. The van der Waals surface area contributed by atoms with Crippen LogP contribution in [0.25, 0.3) is 11.0 Å². The van der Waals surface area contributed by atoms with Crippen molar-refractivity contribution in [3.63, 3.8) is 0 Å². The van der Waals surface area contributed by atoms with Crippen molar-refractivity contribution in [2.75, 3.05) is 0 Å². The summed E-state index contributed by atoms with van der Waals surface area (Å²) in [7, 11) is 0. The topological polar surface area (TPSA) is 92.0 Å². The van der Waals surface area contributed by atoms with E-state index in [9.17, 15) is 0 Å². The van der Waals surface area contributed by atoms with Crippen LogP contribution in [-0.2, 0) is 0 Å². The van der Waals surface area contributed by atoms with Crippen LogP contribution in [0, 0.1) is 0 Å². The normalized spacial score (nSPS) is 8.92. The molecular formula is C8H9N3O2. The van der Waals surface area contributed by atoms with Crippen LogP contribution in [0.15, 0.2) is 30.6 Å². The summed E-state index contributed by atoms with van der Waals surface area (Å²) < 4.78 is 0. The average Bonchev–Trinajstić information content (AvgIpc) is 2.49. The largest absolute Gasteiger partial charge is 0.465 e. The van der Waals surface area contributed by atoms with Gasteiger partial charge in [-0.3, -0.25) is 0 Å². The van der Waals surface area contributed by atoms with Gasteiger partial charge in [-0.1, -0.05) is 12.1 Å². The number of carboxylic acid groups (broad SMARTS) is 1. The first-order valence-corrected chi connectivity index (χ1v) is 3.56. The van der Waals surface area contributed by atoms with Gasteiger partial charge < -0.3 is 15.8 Å². The fraction of sp³-hybridized carbons (Fsp3) is 0. The minimum absolute atomic E-state index is 1.03. The highest BCUT2D eigenvalue weighted by Crippen LogP contribution is 2.05. The number of nitrogens with one attached hydrogen (secondary N) is 1. The molecule has 1 amide bonds. The summed E-state index contributed by atoms with van der Waals surface area (Å²) in [6, 6.07) is 7.94. The number of nitrogens with zero attached hydrogens (tertiary/aromatic N) is 1. The van der Waals surface area contributed by atoms with Crippen molar-refractivity contribution in [2.45, 2.75) is 0 Å². The monoisotopic (exact) mass is 179 g/mol. The Morgan fingerprint density at radius 3 is 2.69 bits per heavy atom. The summed E-state index contributed by atoms with van der Waals surface area (Å²) >= 11 is 0. The Bertz CT molecular complexity index is 363. The van der Waals surface area contributed by atoms with E-state index < -0.39 is 6.09 Å². The Kier molecular flexibility index (Phi) is 2.86. The SMILES string of the molecule is NC(=O)O.c1ccc2[nH]cnc2c1. The Morgan fingerprint density at radius 2 is 2.08 bits per heavy atom. The number of imidazole rings is 1. The average molecular weight is 179 g/mol. The van der Waals surface area contributed by atoms with Gasteiger partial charge in [0, 0.05) is 0 Å². The minimum Gasteiger partial charge on any atom is -0.465 e. The highest BCUT2D eigenvalue weighted by molar-refractivity contribution is 5.73. The zero-order chi connectivity index (χ0) is 9.68. The maximum Gasteiger partial charge on any atom is 0.402 e. The Balaban J connectivity index is 0.000000184. The highest BCUT2D eigenvalue weighted by atomic mass is 16.4. The van der Waals surface area contributed by atoms with Crippen molar-refractivity contribution in [1.82, 2.24) is 9.97 Å². The number of H-pyrrole nitrogens is 1. The van der Waals surface area contributed by atoms with Gasteiger partial charge in [-0.25, -0.2) is 9.78 Å². The lowest BCUT2D eigenvalue weighted by Crippen LogP contribution is -2.03. The Hall–Kier alpha value is -2.04. The first-order chi connectivity index (χ1) is 6.20. The van der Waals surface area contributed by atoms with Crippen molar-refractivity contribution >= 4 is 17.1 Å². The van der Waals surface area contributed by atoms with E-state index in [0.717, 1.165) is 11.0 Å². The fourth-order valence-electron chi connectivity index (χ4n) is 0.880. The van der Waals surface area contributed by atoms with Gasteiger partial charge in [-0.2, -0.15) is 0 Å².